The number of urea groups is 1. The number of unbranched alkanes of at least 4 members (excludes halogenated alkanes) is 5. The fraction of sp³-hybridized carbons (Fsp3) is 0.562. The smallest absolute Gasteiger partial charge is 0.319 e. The second-order valence-corrected chi connectivity index (χ2v) is 4.85. The molecular weight excluding hydrogens is 252 g/mol. The molecule has 2 amide bonds. The molecule has 1 rings (SSSR count). The quantitative estimate of drug-likeness (QED) is 0.666. The maximum atomic E-state index is 11.7. The monoisotopic (exact) mass is 278 g/mol. The minimum atomic E-state index is -0.178. The van der Waals surface area contributed by atoms with Crippen LogP contribution in [0, 0.1) is 0 Å². The minimum absolute atomic E-state index is 0.178. The lowest BCUT2D eigenvalue weighted by Crippen LogP contribution is -2.29. The molecule has 0 atom stereocenters. The lowest BCUT2D eigenvalue weighted by molar-refractivity contribution is 0.251. The molecule has 1 aromatic carbocycles. The third-order valence-corrected chi connectivity index (χ3v) is 3.17. The molecule has 0 fully saturated rings. The summed E-state index contributed by atoms with van der Waals surface area (Å²) in [7, 11) is 1.59. The van der Waals surface area contributed by atoms with Crippen molar-refractivity contribution < 1.29 is 9.53 Å². The molecule has 0 unspecified atom stereocenters. The van der Waals surface area contributed by atoms with E-state index in [1.165, 1.54) is 32.1 Å². The Kier molecular flexibility index (Phi) is 8.27. The molecule has 2 N–H and O–H groups in total. The van der Waals surface area contributed by atoms with Gasteiger partial charge in [-0.2, -0.15) is 0 Å². The summed E-state index contributed by atoms with van der Waals surface area (Å²) in [6.45, 7) is 2.93. The topological polar surface area (TPSA) is 50.4 Å². The zero-order chi connectivity index (χ0) is 14.6. The standard InChI is InChI=1S/C16H26N2O2/c1-3-4-5-6-7-10-13-17-16(19)18-14-11-8-9-12-15(14)20-2/h8-9,11-12H,3-7,10,13H2,1-2H3,(H2,17,18,19). The number of hydrogen-bond acceptors (Lipinski definition) is 2. The van der Waals surface area contributed by atoms with Crippen LogP contribution in [-0.4, -0.2) is 19.7 Å². The molecule has 0 aliphatic rings. The molecule has 0 aliphatic heterocycles. The van der Waals surface area contributed by atoms with Gasteiger partial charge >= 0.3 is 6.03 Å². The number of anilines is 1. The number of carbonyl (C=O) groups excluding carboxylic acids is 1. The number of benzene rings is 1. The van der Waals surface area contributed by atoms with Crippen molar-refractivity contribution in [3.63, 3.8) is 0 Å². The van der Waals surface area contributed by atoms with Crippen LogP contribution in [0.15, 0.2) is 24.3 Å². The first-order valence-electron chi connectivity index (χ1n) is 7.45. The van der Waals surface area contributed by atoms with Gasteiger partial charge in [0.1, 0.15) is 5.75 Å². The highest BCUT2D eigenvalue weighted by atomic mass is 16.5. The Morgan fingerprint density at radius 2 is 1.80 bits per heavy atom. The zero-order valence-electron chi connectivity index (χ0n) is 12.6. The van der Waals surface area contributed by atoms with Crippen molar-refractivity contribution in [2.24, 2.45) is 0 Å². The molecule has 20 heavy (non-hydrogen) atoms. The molecule has 1 aromatic rings. The Hall–Kier alpha value is -1.71. The summed E-state index contributed by atoms with van der Waals surface area (Å²) < 4.78 is 5.18. The van der Waals surface area contributed by atoms with Crippen LogP contribution in [-0.2, 0) is 0 Å². The molecule has 4 heteroatoms. The SMILES string of the molecule is CCCCCCCCNC(=O)Nc1ccccc1OC. The molecule has 0 spiro atoms. The maximum Gasteiger partial charge on any atom is 0.319 e. The first-order chi connectivity index (χ1) is 9.77. The molecule has 0 saturated heterocycles. The van der Waals surface area contributed by atoms with E-state index in [9.17, 15) is 4.79 Å². The lowest BCUT2D eigenvalue weighted by atomic mass is 10.1. The molecule has 0 aliphatic carbocycles. The molecular formula is C16H26N2O2. The van der Waals surface area contributed by atoms with Gasteiger partial charge in [0.15, 0.2) is 0 Å². The van der Waals surface area contributed by atoms with Gasteiger partial charge in [0.2, 0.25) is 0 Å². The number of para-hydroxylation sites is 2. The summed E-state index contributed by atoms with van der Waals surface area (Å²) in [6.07, 6.45) is 7.33. The Morgan fingerprint density at radius 3 is 2.55 bits per heavy atom. The first kappa shape index (κ1) is 16.3. The van der Waals surface area contributed by atoms with Crippen molar-refractivity contribution in [3.8, 4) is 5.75 Å². The van der Waals surface area contributed by atoms with Gasteiger partial charge in [0, 0.05) is 6.54 Å². The van der Waals surface area contributed by atoms with Gasteiger partial charge in [-0.25, -0.2) is 4.79 Å². The van der Waals surface area contributed by atoms with E-state index in [1.54, 1.807) is 7.11 Å². The Morgan fingerprint density at radius 1 is 1.10 bits per heavy atom. The van der Waals surface area contributed by atoms with Gasteiger partial charge < -0.3 is 15.4 Å². The minimum Gasteiger partial charge on any atom is -0.495 e. The highest BCUT2D eigenvalue weighted by Gasteiger charge is 2.05. The van der Waals surface area contributed by atoms with Crippen LogP contribution >= 0.6 is 0 Å². The van der Waals surface area contributed by atoms with E-state index < -0.39 is 0 Å². The summed E-state index contributed by atoms with van der Waals surface area (Å²) in [5.74, 6) is 0.669. The average Bonchev–Trinajstić information content (AvgIpc) is 2.47. The van der Waals surface area contributed by atoms with Crippen LogP contribution in [0.25, 0.3) is 0 Å². The van der Waals surface area contributed by atoms with Crippen molar-refractivity contribution in [2.75, 3.05) is 19.0 Å². The molecule has 0 bridgehead atoms. The van der Waals surface area contributed by atoms with Crippen LogP contribution in [0.4, 0.5) is 10.5 Å². The van der Waals surface area contributed by atoms with E-state index in [0.717, 1.165) is 6.42 Å². The largest absolute Gasteiger partial charge is 0.495 e. The van der Waals surface area contributed by atoms with E-state index in [4.69, 9.17) is 4.74 Å². The summed E-state index contributed by atoms with van der Waals surface area (Å²) in [6, 6.07) is 7.21. The zero-order valence-corrected chi connectivity index (χ0v) is 12.6. The second-order valence-electron chi connectivity index (χ2n) is 4.85. The summed E-state index contributed by atoms with van der Waals surface area (Å²) in [4.78, 5) is 11.7. The van der Waals surface area contributed by atoms with Gasteiger partial charge in [-0.05, 0) is 18.6 Å². The number of carbonyl (C=O) groups is 1. The number of amides is 2. The second kappa shape index (κ2) is 10.1. The highest BCUT2D eigenvalue weighted by Crippen LogP contribution is 2.22. The predicted octanol–water partition coefficient (Wildman–Crippen LogP) is 4.18. The number of hydrogen-bond donors (Lipinski definition) is 2. The van der Waals surface area contributed by atoms with Gasteiger partial charge in [-0.3, -0.25) is 0 Å². The van der Waals surface area contributed by atoms with Crippen LogP contribution in [0.3, 0.4) is 0 Å². The molecule has 112 valence electrons. The van der Waals surface area contributed by atoms with Crippen LogP contribution in [0.1, 0.15) is 45.4 Å². The third-order valence-electron chi connectivity index (χ3n) is 3.17. The van der Waals surface area contributed by atoms with Gasteiger partial charge in [-0.15, -0.1) is 0 Å². The van der Waals surface area contributed by atoms with Crippen LogP contribution in [0.2, 0.25) is 0 Å². The Bertz CT molecular complexity index is 394. The van der Waals surface area contributed by atoms with Crippen LogP contribution < -0.4 is 15.4 Å². The molecule has 0 heterocycles. The van der Waals surface area contributed by atoms with E-state index in [0.29, 0.717) is 18.0 Å². The van der Waals surface area contributed by atoms with Crippen molar-refractivity contribution in [3.05, 3.63) is 24.3 Å². The average molecular weight is 278 g/mol. The predicted molar refractivity (Wildman–Crippen MR) is 83.4 cm³/mol. The third kappa shape index (κ3) is 6.45. The molecule has 0 aromatic heterocycles. The summed E-state index contributed by atoms with van der Waals surface area (Å²) in [5, 5.41) is 5.67. The van der Waals surface area contributed by atoms with E-state index in [-0.39, 0.29) is 6.03 Å². The summed E-state index contributed by atoms with van der Waals surface area (Å²) >= 11 is 0. The molecule has 4 nitrogen and oxygen atoms in total. The fourth-order valence-corrected chi connectivity index (χ4v) is 2.02. The van der Waals surface area contributed by atoms with E-state index >= 15 is 0 Å². The Balaban J connectivity index is 2.17. The van der Waals surface area contributed by atoms with Crippen molar-refractivity contribution in [1.82, 2.24) is 5.32 Å². The molecule has 0 saturated carbocycles. The number of methoxy groups -OCH3 is 1. The normalized spacial score (nSPS) is 10.1. The van der Waals surface area contributed by atoms with Crippen molar-refractivity contribution in [1.29, 1.82) is 0 Å². The number of nitrogens with one attached hydrogen (secondary N) is 2. The highest BCUT2D eigenvalue weighted by molar-refractivity contribution is 5.90. The summed E-state index contributed by atoms with van der Waals surface area (Å²) in [5.41, 5.74) is 0.690. The number of ether oxygens (including phenoxy) is 1. The molecule has 0 radical (unpaired) electrons. The van der Waals surface area contributed by atoms with Gasteiger partial charge in [-0.1, -0.05) is 51.2 Å². The first-order valence-corrected chi connectivity index (χ1v) is 7.45. The van der Waals surface area contributed by atoms with E-state index in [1.807, 2.05) is 24.3 Å². The Labute approximate surface area is 121 Å². The number of rotatable bonds is 9. The fourth-order valence-electron chi connectivity index (χ4n) is 2.02. The lowest BCUT2D eigenvalue weighted by Gasteiger charge is -2.10. The van der Waals surface area contributed by atoms with Gasteiger partial charge in [0.05, 0.1) is 12.8 Å². The van der Waals surface area contributed by atoms with E-state index in [2.05, 4.69) is 17.6 Å². The maximum absolute atomic E-state index is 11.7. The van der Waals surface area contributed by atoms with Gasteiger partial charge in [0.25, 0.3) is 0 Å². The van der Waals surface area contributed by atoms with Crippen molar-refractivity contribution >= 4 is 11.7 Å². The van der Waals surface area contributed by atoms with Crippen LogP contribution in [0.5, 0.6) is 5.75 Å². The van der Waals surface area contributed by atoms with Crippen molar-refractivity contribution in [2.45, 2.75) is 45.4 Å².